The van der Waals surface area contributed by atoms with Crippen molar-refractivity contribution in [3.05, 3.63) is 29.8 Å². The molecule has 0 aromatic heterocycles. The summed E-state index contributed by atoms with van der Waals surface area (Å²) < 4.78 is 11.9. The molecule has 0 atom stereocenters. The molecule has 0 radical (unpaired) electrons. The first-order valence-electron chi connectivity index (χ1n) is 6.12. The van der Waals surface area contributed by atoms with E-state index in [1.807, 2.05) is 52.0 Å². The van der Waals surface area contributed by atoms with Gasteiger partial charge in [-0.1, -0.05) is 24.3 Å². The molecular weight excluding hydrogens is 229 g/mol. The van der Waals surface area contributed by atoms with E-state index in [9.17, 15) is 0 Å². The fraction of sp³-hybridized carbons (Fsp3) is 0.538. The Labute approximate surface area is 109 Å². The lowest BCUT2D eigenvalue weighted by atomic mass is 9.79. The highest BCUT2D eigenvalue weighted by atomic mass is 16.7. The van der Waals surface area contributed by atoms with Gasteiger partial charge in [0.2, 0.25) is 0 Å². The van der Waals surface area contributed by atoms with Crippen molar-refractivity contribution in [2.75, 3.05) is 0 Å². The van der Waals surface area contributed by atoms with Crippen LogP contribution in [0.2, 0.25) is 0 Å². The molecule has 0 bridgehead atoms. The van der Waals surface area contributed by atoms with Crippen LogP contribution in [0.3, 0.4) is 0 Å². The number of rotatable bonds is 3. The topological polar surface area (TPSA) is 53.7 Å². The Balaban J connectivity index is 2.14. The van der Waals surface area contributed by atoms with Crippen LogP contribution in [0, 0.1) is 0 Å². The molecule has 5 heteroatoms. The molecule has 1 aliphatic heterocycles. The Bertz CT molecular complexity index is 401. The first-order valence-corrected chi connectivity index (χ1v) is 6.12. The van der Waals surface area contributed by atoms with E-state index in [0.29, 0.717) is 6.61 Å². The third-order valence-electron chi connectivity index (χ3n) is 3.76. The van der Waals surface area contributed by atoms with E-state index >= 15 is 0 Å². The van der Waals surface area contributed by atoms with Crippen molar-refractivity contribution in [3.8, 4) is 0 Å². The summed E-state index contributed by atoms with van der Waals surface area (Å²) in [5, 5.41) is 0. The summed E-state index contributed by atoms with van der Waals surface area (Å²) in [6.07, 6.45) is 0. The van der Waals surface area contributed by atoms with Crippen molar-refractivity contribution in [1.29, 1.82) is 0 Å². The molecule has 98 valence electrons. The van der Waals surface area contributed by atoms with Crippen LogP contribution in [0.5, 0.6) is 0 Å². The molecule has 0 spiro atoms. The molecule has 2 N–H and O–H groups in total. The van der Waals surface area contributed by atoms with Crippen LogP contribution in [0.25, 0.3) is 0 Å². The number of nitrogens with two attached hydrogens (primary N) is 1. The third-order valence-corrected chi connectivity index (χ3v) is 3.76. The molecule has 0 amide bonds. The van der Waals surface area contributed by atoms with Crippen molar-refractivity contribution >= 4 is 12.6 Å². The molecule has 1 aliphatic rings. The third kappa shape index (κ3) is 2.45. The minimum absolute atomic E-state index is 0.309. The summed E-state index contributed by atoms with van der Waals surface area (Å²) in [7, 11) is -0.317. The van der Waals surface area contributed by atoms with E-state index in [0.717, 1.165) is 11.0 Å². The predicted molar refractivity (Wildman–Crippen MR) is 71.1 cm³/mol. The zero-order chi connectivity index (χ0) is 13.4. The van der Waals surface area contributed by atoms with Crippen molar-refractivity contribution in [2.24, 2.45) is 5.90 Å². The van der Waals surface area contributed by atoms with E-state index in [-0.39, 0.29) is 18.3 Å². The second-order valence-corrected chi connectivity index (χ2v) is 5.64. The molecule has 1 saturated heterocycles. The molecule has 1 aromatic rings. The maximum atomic E-state index is 5.97. The maximum Gasteiger partial charge on any atom is 0.494 e. The van der Waals surface area contributed by atoms with E-state index in [4.69, 9.17) is 15.2 Å². The highest BCUT2D eigenvalue weighted by molar-refractivity contribution is 6.62. The number of hydrogen-bond acceptors (Lipinski definition) is 4. The van der Waals surface area contributed by atoms with E-state index in [2.05, 4.69) is 4.84 Å². The zero-order valence-corrected chi connectivity index (χ0v) is 11.4. The zero-order valence-electron chi connectivity index (χ0n) is 11.4. The van der Waals surface area contributed by atoms with Crippen LogP contribution < -0.4 is 11.4 Å². The Morgan fingerprint density at radius 1 is 1.06 bits per heavy atom. The lowest BCUT2D eigenvalue weighted by molar-refractivity contribution is 0.00578. The van der Waals surface area contributed by atoms with Crippen LogP contribution in [0.1, 0.15) is 33.3 Å². The number of benzene rings is 1. The van der Waals surface area contributed by atoms with Gasteiger partial charge in [-0.05, 0) is 38.7 Å². The second-order valence-electron chi connectivity index (χ2n) is 5.64. The Hall–Kier alpha value is -0.875. The molecular formula is C13H20BNO3. The number of hydrogen-bond donors (Lipinski definition) is 1. The summed E-state index contributed by atoms with van der Waals surface area (Å²) in [6, 6.07) is 7.90. The minimum atomic E-state index is -0.317. The SMILES string of the molecule is CC1(C)OB(c2ccc(CON)cc2)OC1(C)C. The van der Waals surface area contributed by atoms with E-state index in [1.54, 1.807) is 0 Å². The summed E-state index contributed by atoms with van der Waals surface area (Å²) in [4.78, 5) is 4.60. The lowest BCUT2D eigenvalue weighted by Gasteiger charge is -2.32. The van der Waals surface area contributed by atoms with Gasteiger partial charge in [-0.2, -0.15) is 0 Å². The van der Waals surface area contributed by atoms with Gasteiger partial charge in [0.15, 0.2) is 0 Å². The Morgan fingerprint density at radius 3 is 2.00 bits per heavy atom. The Kier molecular flexibility index (Phi) is 3.51. The van der Waals surface area contributed by atoms with Gasteiger partial charge in [0.1, 0.15) is 0 Å². The van der Waals surface area contributed by atoms with Crippen LogP contribution in [-0.2, 0) is 20.8 Å². The van der Waals surface area contributed by atoms with Crippen molar-refractivity contribution in [3.63, 3.8) is 0 Å². The van der Waals surface area contributed by atoms with E-state index in [1.165, 1.54) is 0 Å². The van der Waals surface area contributed by atoms with Gasteiger partial charge in [-0.15, -0.1) is 0 Å². The van der Waals surface area contributed by atoms with Crippen molar-refractivity contribution < 1.29 is 14.1 Å². The maximum absolute atomic E-state index is 5.97. The van der Waals surface area contributed by atoms with E-state index < -0.39 is 0 Å². The van der Waals surface area contributed by atoms with Gasteiger partial charge in [-0.25, -0.2) is 5.90 Å². The molecule has 1 aromatic carbocycles. The molecule has 0 aliphatic carbocycles. The molecule has 0 saturated carbocycles. The van der Waals surface area contributed by atoms with Gasteiger partial charge >= 0.3 is 7.12 Å². The van der Waals surface area contributed by atoms with Gasteiger partial charge in [-0.3, -0.25) is 4.84 Å². The highest BCUT2D eigenvalue weighted by Gasteiger charge is 2.51. The molecule has 1 fully saturated rings. The van der Waals surface area contributed by atoms with Gasteiger partial charge in [0.05, 0.1) is 17.8 Å². The Morgan fingerprint density at radius 2 is 1.56 bits per heavy atom. The van der Waals surface area contributed by atoms with Crippen LogP contribution in [0.4, 0.5) is 0 Å². The first kappa shape index (κ1) is 13.6. The van der Waals surface area contributed by atoms with Crippen molar-refractivity contribution in [1.82, 2.24) is 0 Å². The quantitative estimate of drug-likeness (QED) is 0.649. The summed E-state index contributed by atoms with van der Waals surface area (Å²) in [6.45, 7) is 8.59. The molecule has 4 nitrogen and oxygen atoms in total. The molecule has 0 unspecified atom stereocenters. The summed E-state index contributed by atoms with van der Waals surface area (Å²) in [5.74, 6) is 5.04. The van der Waals surface area contributed by atoms with Crippen LogP contribution >= 0.6 is 0 Å². The smallest absolute Gasteiger partial charge is 0.399 e. The monoisotopic (exact) mass is 249 g/mol. The molecule has 2 rings (SSSR count). The lowest BCUT2D eigenvalue weighted by Crippen LogP contribution is -2.41. The highest BCUT2D eigenvalue weighted by Crippen LogP contribution is 2.36. The van der Waals surface area contributed by atoms with Gasteiger partial charge in [0, 0.05) is 0 Å². The second kappa shape index (κ2) is 4.66. The van der Waals surface area contributed by atoms with Crippen LogP contribution in [0.15, 0.2) is 24.3 Å². The average Bonchev–Trinajstić information content (AvgIpc) is 2.50. The van der Waals surface area contributed by atoms with Gasteiger partial charge in [0.25, 0.3) is 0 Å². The summed E-state index contributed by atoms with van der Waals surface area (Å²) in [5.41, 5.74) is 1.42. The standard InChI is InChI=1S/C13H20BNO3/c1-12(2)13(3,4)18-14(17-12)11-7-5-10(6-8-11)9-16-15/h5-8H,9,15H2,1-4H3. The molecule has 18 heavy (non-hydrogen) atoms. The molecule has 1 heterocycles. The average molecular weight is 249 g/mol. The first-order chi connectivity index (χ1) is 8.36. The predicted octanol–water partition coefficient (Wildman–Crippen LogP) is 1.38. The van der Waals surface area contributed by atoms with Crippen molar-refractivity contribution in [2.45, 2.75) is 45.5 Å². The fourth-order valence-electron chi connectivity index (χ4n) is 1.85. The summed E-state index contributed by atoms with van der Waals surface area (Å²) >= 11 is 0. The van der Waals surface area contributed by atoms with Gasteiger partial charge < -0.3 is 9.31 Å². The normalized spacial score (nSPS) is 21.3. The van der Waals surface area contributed by atoms with Crippen LogP contribution in [-0.4, -0.2) is 18.3 Å². The minimum Gasteiger partial charge on any atom is -0.399 e. The largest absolute Gasteiger partial charge is 0.494 e. The fourth-order valence-corrected chi connectivity index (χ4v) is 1.85.